The number of hydrogen-bond donors (Lipinski definition) is 0. The minimum Gasteiger partial charge on any atom is -0.545 e. The molecule has 416 valence electrons. The zero-order chi connectivity index (χ0) is 51.3. The fraction of sp³-hybridized carbons (Fsp3) is 0.951. The third kappa shape index (κ3) is 54.1. The van der Waals surface area contributed by atoms with Gasteiger partial charge in [0.05, 0.1) is 40.3 Å². The van der Waals surface area contributed by atoms with E-state index >= 15 is 0 Å². The Bertz CT molecular complexity index is 1110. The zero-order valence-corrected chi connectivity index (χ0v) is 47.4. The Morgan fingerprint density at radius 3 is 0.914 bits per heavy atom. The summed E-state index contributed by atoms with van der Waals surface area (Å²) in [5.74, 6) is -2.26. The maximum atomic E-state index is 12.8. The highest BCUT2D eigenvalue weighted by molar-refractivity contribution is 5.70. The summed E-state index contributed by atoms with van der Waals surface area (Å²) in [7, 11) is 5.93. The van der Waals surface area contributed by atoms with Gasteiger partial charge in [-0.25, -0.2) is 0 Å². The number of carboxylic acid groups (broad SMARTS) is 1. The average molecular weight is 995 g/mol. The molecule has 0 aliphatic rings. The van der Waals surface area contributed by atoms with Gasteiger partial charge in [0.1, 0.15) is 13.2 Å². The predicted molar refractivity (Wildman–Crippen MR) is 293 cm³/mol. The van der Waals surface area contributed by atoms with Crippen LogP contribution in [0.15, 0.2) is 0 Å². The fourth-order valence-corrected chi connectivity index (χ4v) is 9.36. The summed E-state index contributed by atoms with van der Waals surface area (Å²) < 4.78 is 22.7. The van der Waals surface area contributed by atoms with Gasteiger partial charge in [-0.2, -0.15) is 0 Å². The lowest BCUT2D eigenvalue weighted by atomic mass is 10.0. The number of hydrogen-bond acceptors (Lipinski definition) is 8. The van der Waals surface area contributed by atoms with Crippen LogP contribution in [0.3, 0.4) is 0 Å². The first-order valence-corrected chi connectivity index (χ1v) is 30.7. The van der Waals surface area contributed by atoms with Crippen molar-refractivity contribution in [3.8, 4) is 0 Å². The lowest BCUT2D eigenvalue weighted by Crippen LogP contribution is -2.44. The van der Waals surface area contributed by atoms with Crippen molar-refractivity contribution in [2.75, 3.05) is 47.5 Å². The Morgan fingerprint density at radius 2 is 0.643 bits per heavy atom. The van der Waals surface area contributed by atoms with Gasteiger partial charge in [0, 0.05) is 12.8 Å². The molecule has 0 spiro atoms. The van der Waals surface area contributed by atoms with Crippen LogP contribution in [0.4, 0.5) is 0 Å². The van der Waals surface area contributed by atoms with Crippen LogP contribution < -0.4 is 5.11 Å². The first-order valence-electron chi connectivity index (χ1n) is 30.7. The molecule has 0 radical (unpaired) electrons. The summed E-state index contributed by atoms with van der Waals surface area (Å²) >= 11 is 0. The Balaban J connectivity index is 3.97. The van der Waals surface area contributed by atoms with Crippen LogP contribution in [0.2, 0.25) is 0 Å². The van der Waals surface area contributed by atoms with Crippen LogP contribution in [-0.2, 0) is 33.3 Å². The first kappa shape index (κ1) is 68.3. The number of unbranched alkanes of at least 4 members (excludes halogenated alkanes) is 43. The predicted octanol–water partition coefficient (Wildman–Crippen LogP) is 16.6. The summed E-state index contributed by atoms with van der Waals surface area (Å²) in [6, 6.07) is 0. The number of esters is 2. The van der Waals surface area contributed by atoms with E-state index in [1.807, 2.05) is 21.1 Å². The van der Waals surface area contributed by atoms with Crippen LogP contribution in [0.5, 0.6) is 0 Å². The number of nitrogens with zero attached hydrogens (tertiary/aromatic N) is 1. The fourth-order valence-electron chi connectivity index (χ4n) is 9.36. The van der Waals surface area contributed by atoms with Gasteiger partial charge in [-0.3, -0.25) is 9.59 Å². The molecule has 0 aliphatic heterocycles. The van der Waals surface area contributed by atoms with E-state index < -0.39 is 24.3 Å². The molecule has 0 rings (SSSR count). The maximum absolute atomic E-state index is 12.8. The highest BCUT2D eigenvalue weighted by Gasteiger charge is 2.22. The normalized spacial score (nSPS) is 12.6. The van der Waals surface area contributed by atoms with Crippen molar-refractivity contribution in [1.82, 2.24) is 0 Å². The number of aliphatic carboxylic acids is 1. The summed E-state index contributed by atoms with van der Waals surface area (Å²) in [5.41, 5.74) is 0. The Hall–Kier alpha value is -1.71. The number of carboxylic acids is 1. The van der Waals surface area contributed by atoms with Crippen LogP contribution >= 0.6 is 0 Å². The molecule has 0 amide bonds. The van der Waals surface area contributed by atoms with E-state index in [1.54, 1.807) is 0 Å². The number of carbonyl (C=O) groups excluding carboxylic acids is 3. The van der Waals surface area contributed by atoms with Crippen LogP contribution in [-0.4, -0.2) is 82.3 Å². The Morgan fingerprint density at radius 1 is 0.371 bits per heavy atom. The largest absolute Gasteiger partial charge is 0.545 e. The average Bonchev–Trinajstić information content (AvgIpc) is 3.33. The van der Waals surface area contributed by atoms with Crippen molar-refractivity contribution in [2.24, 2.45) is 0 Å². The van der Waals surface area contributed by atoms with E-state index in [4.69, 9.17) is 18.9 Å². The molecular formula is C61H119NO8. The minimum atomic E-state index is -1.61. The quantitative estimate of drug-likeness (QED) is 0.0256. The molecule has 9 heteroatoms. The van der Waals surface area contributed by atoms with Gasteiger partial charge in [0.2, 0.25) is 0 Å². The summed E-state index contributed by atoms with van der Waals surface area (Å²) in [4.78, 5) is 37.2. The number of likely N-dealkylation sites (N-methyl/N-ethyl adjacent to an activating group) is 1. The molecule has 9 nitrogen and oxygen atoms in total. The minimum absolute atomic E-state index is 0.153. The molecule has 0 heterocycles. The Labute approximate surface area is 434 Å². The van der Waals surface area contributed by atoms with Crippen LogP contribution in [0.25, 0.3) is 0 Å². The molecule has 0 bridgehead atoms. The van der Waals surface area contributed by atoms with Gasteiger partial charge in [0.15, 0.2) is 12.4 Å². The SMILES string of the molecule is CCCCCCCCCCCCCCCCCCCCCCCCCCCCCCCCCCCC(=O)OC(COC(=O)CCCCCCCCCCCCCC)COC(OCC[N+](C)(C)C)C(=O)[O-]. The zero-order valence-electron chi connectivity index (χ0n) is 47.4. The van der Waals surface area contributed by atoms with E-state index in [2.05, 4.69) is 13.8 Å². The number of ether oxygens (including phenoxy) is 4. The number of carbonyl (C=O) groups is 3. The third-order valence-corrected chi connectivity index (χ3v) is 14.1. The molecule has 2 atom stereocenters. The summed E-state index contributed by atoms with van der Waals surface area (Å²) in [6.45, 7) is 4.80. The van der Waals surface area contributed by atoms with Crippen molar-refractivity contribution in [3.05, 3.63) is 0 Å². The smallest absolute Gasteiger partial charge is 0.306 e. The van der Waals surface area contributed by atoms with Crippen molar-refractivity contribution < 1.29 is 42.9 Å². The van der Waals surface area contributed by atoms with Crippen LogP contribution in [0, 0.1) is 0 Å². The molecule has 2 unspecified atom stereocenters. The topological polar surface area (TPSA) is 111 Å². The van der Waals surface area contributed by atoms with E-state index in [0.29, 0.717) is 17.4 Å². The lowest BCUT2D eigenvalue weighted by molar-refractivity contribution is -0.870. The van der Waals surface area contributed by atoms with E-state index in [0.717, 1.165) is 38.5 Å². The van der Waals surface area contributed by atoms with E-state index in [-0.39, 0.29) is 32.2 Å². The summed E-state index contributed by atoms with van der Waals surface area (Å²) in [6.07, 6.45) is 57.6. The summed E-state index contributed by atoms with van der Waals surface area (Å²) in [5, 5.41) is 11.7. The molecule has 0 aromatic heterocycles. The maximum Gasteiger partial charge on any atom is 0.306 e. The molecule has 0 saturated carbocycles. The Kier molecular flexibility index (Phi) is 52.3. The lowest BCUT2D eigenvalue weighted by Gasteiger charge is -2.26. The molecular weight excluding hydrogens is 875 g/mol. The number of rotatable bonds is 58. The standard InChI is InChI=1S/C61H119NO8/c1-6-8-10-12-14-16-18-20-21-22-23-24-25-26-27-28-29-30-31-32-33-34-35-36-37-38-39-40-42-44-46-48-50-52-59(64)70-57(56-69-61(60(65)66)67-54-53-62(3,4)5)55-68-58(63)51-49-47-45-43-41-19-17-15-13-11-9-7-2/h57,61H,6-56H2,1-5H3. The molecule has 70 heavy (non-hydrogen) atoms. The van der Waals surface area contributed by atoms with E-state index in [9.17, 15) is 19.5 Å². The van der Waals surface area contributed by atoms with Crippen molar-refractivity contribution in [3.63, 3.8) is 0 Å². The van der Waals surface area contributed by atoms with Crippen molar-refractivity contribution in [1.29, 1.82) is 0 Å². The van der Waals surface area contributed by atoms with Crippen LogP contribution in [0.1, 0.15) is 316 Å². The highest BCUT2D eigenvalue weighted by Crippen LogP contribution is 2.18. The van der Waals surface area contributed by atoms with E-state index in [1.165, 1.54) is 250 Å². The van der Waals surface area contributed by atoms with Crippen molar-refractivity contribution in [2.45, 2.75) is 328 Å². The van der Waals surface area contributed by atoms with Crippen molar-refractivity contribution >= 4 is 17.9 Å². The molecule has 0 aromatic carbocycles. The molecule has 0 N–H and O–H groups in total. The molecule has 0 fully saturated rings. The molecule has 0 aliphatic carbocycles. The van der Waals surface area contributed by atoms with Gasteiger partial charge in [-0.15, -0.1) is 0 Å². The van der Waals surface area contributed by atoms with Gasteiger partial charge in [0.25, 0.3) is 0 Å². The highest BCUT2D eigenvalue weighted by atomic mass is 16.7. The monoisotopic (exact) mass is 994 g/mol. The first-order chi connectivity index (χ1) is 34.1. The van der Waals surface area contributed by atoms with Gasteiger partial charge in [-0.1, -0.05) is 290 Å². The van der Waals surface area contributed by atoms with Gasteiger partial charge in [-0.05, 0) is 12.8 Å². The third-order valence-electron chi connectivity index (χ3n) is 14.1. The second-order valence-corrected chi connectivity index (χ2v) is 22.4. The second-order valence-electron chi connectivity index (χ2n) is 22.4. The van der Waals surface area contributed by atoms with Gasteiger partial charge >= 0.3 is 11.9 Å². The number of quaternary nitrogens is 1. The molecule has 0 aromatic rings. The molecule has 0 saturated heterocycles. The second kappa shape index (κ2) is 53.6. The van der Waals surface area contributed by atoms with Gasteiger partial charge < -0.3 is 33.3 Å².